The number of hydrogen-bond acceptors (Lipinski definition) is 3. The molecule has 2 rings (SSSR count). The number of amides is 2. The van der Waals surface area contributed by atoms with Gasteiger partial charge in [-0.1, -0.05) is 0 Å². The summed E-state index contributed by atoms with van der Waals surface area (Å²) >= 11 is 0. The maximum absolute atomic E-state index is 14.0. The lowest BCUT2D eigenvalue weighted by Gasteiger charge is -2.26. The van der Waals surface area contributed by atoms with Gasteiger partial charge in [0.25, 0.3) is 5.91 Å². The Morgan fingerprint density at radius 3 is 2.86 bits per heavy atom. The summed E-state index contributed by atoms with van der Waals surface area (Å²) in [7, 11) is 0. The fourth-order valence-corrected chi connectivity index (χ4v) is 2.87. The third-order valence-corrected chi connectivity index (χ3v) is 3.77. The molecule has 22 heavy (non-hydrogen) atoms. The Labute approximate surface area is 129 Å². The Kier molecular flexibility index (Phi) is 5.13. The van der Waals surface area contributed by atoms with Gasteiger partial charge in [0.1, 0.15) is 5.82 Å². The monoisotopic (exact) mass is 308 g/mol. The molecule has 1 aromatic rings. The summed E-state index contributed by atoms with van der Waals surface area (Å²) in [6.07, 6.45) is 1.63. The van der Waals surface area contributed by atoms with Gasteiger partial charge in [0.15, 0.2) is 0 Å². The van der Waals surface area contributed by atoms with Crippen LogP contribution in [0.5, 0.6) is 0 Å². The molecule has 0 radical (unpaired) electrons. The molecule has 2 N–H and O–H groups in total. The van der Waals surface area contributed by atoms with Crippen molar-refractivity contribution in [1.29, 1.82) is 0 Å². The Hall–Kier alpha value is -1.95. The first-order chi connectivity index (χ1) is 10.4. The first kappa shape index (κ1) is 16.4. The van der Waals surface area contributed by atoms with Crippen molar-refractivity contribution in [2.45, 2.75) is 45.3 Å². The second-order valence-electron chi connectivity index (χ2n) is 5.76. The van der Waals surface area contributed by atoms with Crippen LogP contribution in [-0.2, 0) is 4.79 Å². The van der Waals surface area contributed by atoms with E-state index in [0.29, 0.717) is 18.7 Å². The van der Waals surface area contributed by atoms with Gasteiger partial charge in [0, 0.05) is 25.2 Å². The van der Waals surface area contributed by atoms with E-state index in [-0.39, 0.29) is 17.5 Å². The molecule has 2 atom stereocenters. The second-order valence-corrected chi connectivity index (χ2v) is 5.76. The predicted octanol–water partition coefficient (Wildman–Crippen LogP) is 2.16. The molecule has 1 aliphatic rings. The van der Waals surface area contributed by atoms with Gasteiger partial charge in [-0.05, 0) is 44.4 Å². The number of hydrogen-bond donors (Lipinski definition) is 2. The number of halogens is 1. The van der Waals surface area contributed by atoms with Crippen LogP contribution in [-0.4, -0.2) is 40.5 Å². The minimum absolute atomic E-state index is 0.0521. The largest absolute Gasteiger partial charge is 0.393 e. The van der Waals surface area contributed by atoms with Crippen molar-refractivity contribution in [3.05, 3.63) is 29.6 Å². The van der Waals surface area contributed by atoms with Gasteiger partial charge < -0.3 is 15.3 Å². The number of nitrogens with zero attached hydrogens (tertiary/aromatic N) is 1. The van der Waals surface area contributed by atoms with Gasteiger partial charge >= 0.3 is 0 Å². The van der Waals surface area contributed by atoms with Crippen molar-refractivity contribution in [3.63, 3.8) is 0 Å². The van der Waals surface area contributed by atoms with Gasteiger partial charge in [-0.25, -0.2) is 4.39 Å². The average molecular weight is 308 g/mol. The van der Waals surface area contributed by atoms with E-state index in [4.69, 9.17) is 0 Å². The van der Waals surface area contributed by atoms with Crippen LogP contribution in [0, 0.1) is 5.82 Å². The number of carbonyl (C=O) groups is 2. The Morgan fingerprint density at radius 2 is 2.23 bits per heavy atom. The number of aliphatic hydroxyl groups excluding tert-OH is 1. The van der Waals surface area contributed by atoms with Crippen molar-refractivity contribution >= 4 is 17.5 Å². The number of nitrogens with one attached hydrogen (secondary N) is 1. The number of anilines is 1. The van der Waals surface area contributed by atoms with Crippen molar-refractivity contribution < 1.29 is 19.1 Å². The molecule has 1 fully saturated rings. The van der Waals surface area contributed by atoms with Gasteiger partial charge in [-0.3, -0.25) is 9.59 Å². The highest BCUT2D eigenvalue weighted by Crippen LogP contribution is 2.25. The van der Waals surface area contributed by atoms with Crippen molar-refractivity contribution in [1.82, 2.24) is 4.90 Å². The maximum atomic E-state index is 14.0. The van der Waals surface area contributed by atoms with E-state index < -0.39 is 17.8 Å². The van der Waals surface area contributed by atoms with E-state index in [1.807, 2.05) is 0 Å². The van der Waals surface area contributed by atoms with E-state index >= 15 is 0 Å². The van der Waals surface area contributed by atoms with E-state index in [9.17, 15) is 19.1 Å². The summed E-state index contributed by atoms with van der Waals surface area (Å²) < 4.78 is 14.0. The highest BCUT2D eigenvalue weighted by Gasteiger charge is 2.31. The highest BCUT2D eigenvalue weighted by atomic mass is 19.1. The van der Waals surface area contributed by atoms with E-state index in [1.165, 1.54) is 25.1 Å². The third-order valence-electron chi connectivity index (χ3n) is 3.77. The van der Waals surface area contributed by atoms with Crippen LogP contribution in [0.25, 0.3) is 0 Å². The molecule has 0 aliphatic carbocycles. The van der Waals surface area contributed by atoms with Crippen molar-refractivity contribution in [3.8, 4) is 0 Å². The van der Waals surface area contributed by atoms with Crippen LogP contribution < -0.4 is 5.32 Å². The number of carbonyl (C=O) groups excluding carboxylic acids is 2. The zero-order chi connectivity index (χ0) is 16.3. The summed E-state index contributed by atoms with van der Waals surface area (Å²) in [5.41, 5.74) is 0.340. The van der Waals surface area contributed by atoms with Crippen LogP contribution in [0.4, 0.5) is 10.1 Å². The van der Waals surface area contributed by atoms with Gasteiger partial charge in [0.05, 0.1) is 11.7 Å². The molecule has 0 aromatic heterocycles. The van der Waals surface area contributed by atoms with Gasteiger partial charge in [0.2, 0.25) is 5.91 Å². The minimum Gasteiger partial charge on any atom is -0.393 e. The SMILES string of the molecule is CC(=O)Nc1ccc(F)c(C(=O)N2CCCC2CC(C)O)c1. The molecule has 1 heterocycles. The molecule has 2 unspecified atom stereocenters. The predicted molar refractivity (Wildman–Crippen MR) is 81.1 cm³/mol. The molecular formula is C16H21FN2O3. The second kappa shape index (κ2) is 6.87. The van der Waals surface area contributed by atoms with Crippen LogP contribution in [0.15, 0.2) is 18.2 Å². The molecule has 1 saturated heterocycles. The molecule has 120 valence electrons. The van der Waals surface area contributed by atoms with Crippen LogP contribution in [0.3, 0.4) is 0 Å². The molecule has 0 bridgehead atoms. The first-order valence-corrected chi connectivity index (χ1v) is 7.44. The molecule has 0 spiro atoms. The lowest BCUT2D eigenvalue weighted by atomic mass is 10.1. The fourth-order valence-electron chi connectivity index (χ4n) is 2.87. The average Bonchev–Trinajstić information content (AvgIpc) is 2.87. The van der Waals surface area contributed by atoms with Gasteiger partial charge in [-0.2, -0.15) is 0 Å². The molecule has 5 nitrogen and oxygen atoms in total. The lowest BCUT2D eigenvalue weighted by Crippen LogP contribution is -2.37. The Morgan fingerprint density at radius 1 is 1.50 bits per heavy atom. The van der Waals surface area contributed by atoms with E-state index in [0.717, 1.165) is 12.8 Å². The summed E-state index contributed by atoms with van der Waals surface area (Å²) in [4.78, 5) is 25.3. The quantitative estimate of drug-likeness (QED) is 0.895. The summed E-state index contributed by atoms with van der Waals surface area (Å²) in [6, 6.07) is 3.89. The third kappa shape index (κ3) is 3.82. The molecular weight excluding hydrogens is 287 g/mol. The molecule has 1 aromatic carbocycles. The number of benzene rings is 1. The van der Waals surface area contributed by atoms with Gasteiger partial charge in [-0.15, -0.1) is 0 Å². The summed E-state index contributed by atoms with van der Waals surface area (Å²) in [6.45, 7) is 3.59. The smallest absolute Gasteiger partial charge is 0.257 e. The zero-order valence-electron chi connectivity index (χ0n) is 12.8. The molecule has 6 heteroatoms. The number of likely N-dealkylation sites (tertiary alicyclic amines) is 1. The van der Waals surface area contributed by atoms with Crippen LogP contribution in [0.1, 0.15) is 43.5 Å². The molecule has 2 amide bonds. The normalized spacial score (nSPS) is 19.1. The van der Waals surface area contributed by atoms with E-state index in [1.54, 1.807) is 11.8 Å². The van der Waals surface area contributed by atoms with Crippen molar-refractivity contribution in [2.75, 3.05) is 11.9 Å². The first-order valence-electron chi connectivity index (χ1n) is 7.44. The van der Waals surface area contributed by atoms with Crippen LogP contribution in [0.2, 0.25) is 0 Å². The standard InChI is InChI=1S/C16H21FN2O3/c1-10(20)8-13-4-3-7-19(13)16(22)14-9-12(18-11(2)21)5-6-15(14)17/h5-6,9-10,13,20H,3-4,7-8H2,1-2H3,(H,18,21). The Balaban J connectivity index is 2.22. The summed E-state index contributed by atoms with van der Waals surface area (Å²) in [5, 5.41) is 12.1. The maximum Gasteiger partial charge on any atom is 0.257 e. The zero-order valence-corrected chi connectivity index (χ0v) is 12.8. The minimum atomic E-state index is -0.609. The van der Waals surface area contributed by atoms with E-state index in [2.05, 4.69) is 5.32 Å². The highest BCUT2D eigenvalue weighted by molar-refractivity contribution is 5.97. The number of rotatable bonds is 4. The number of aliphatic hydroxyl groups is 1. The topological polar surface area (TPSA) is 69.6 Å². The fraction of sp³-hybridized carbons (Fsp3) is 0.500. The Bertz CT molecular complexity index is 575. The summed E-state index contributed by atoms with van der Waals surface area (Å²) in [5.74, 6) is -1.28. The van der Waals surface area contributed by atoms with Crippen LogP contribution >= 0.6 is 0 Å². The molecule has 1 aliphatic heterocycles. The molecule has 0 saturated carbocycles. The lowest BCUT2D eigenvalue weighted by molar-refractivity contribution is -0.114. The van der Waals surface area contributed by atoms with Crippen molar-refractivity contribution in [2.24, 2.45) is 0 Å².